The van der Waals surface area contributed by atoms with E-state index in [1.54, 1.807) is 6.92 Å². The first-order valence-electron chi connectivity index (χ1n) is 3.59. The number of nitrogens with two attached hydrogens (primary N) is 1. The lowest BCUT2D eigenvalue weighted by Gasteiger charge is -1.94. The van der Waals surface area contributed by atoms with Crippen LogP contribution >= 0.6 is 0 Å². The minimum absolute atomic E-state index is 0.0442. The van der Waals surface area contributed by atoms with Gasteiger partial charge in [-0.3, -0.25) is 0 Å². The molecule has 66 valence electrons. The van der Waals surface area contributed by atoms with E-state index >= 15 is 0 Å². The third-order valence-corrected chi connectivity index (χ3v) is 1.20. The molecule has 5 nitrogen and oxygen atoms in total. The zero-order valence-electron chi connectivity index (χ0n) is 6.74. The lowest BCUT2D eigenvalue weighted by atomic mass is 10.5. The van der Waals surface area contributed by atoms with Crippen LogP contribution in [-0.4, -0.2) is 17.6 Å². The number of ether oxygens (including phenoxy) is 1. The van der Waals surface area contributed by atoms with Gasteiger partial charge in [0.1, 0.15) is 5.76 Å². The summed E-state index contributed by atoms with van der Waals surface area (Å²) in [5, 5.41) is 0. The molecule has 0 aliphatic carbocycles. The number of oxazole rings is 1. The van der Waals surface area contributed by atoms with Gasteiger partial charge >= 0.3 is 11.9 Å². The molecule has 0 atom stereocenters. The van der Waals surface area contributed by atoms with Crippen LogP contribution in [0, 0.1) is 0 Å². The van der Waals surface area contributed by atoms with Crippen molar-refractivity contribution in [3.8, 4) is 0 Å². The predicted molar refractivity (Wildman–Crippen MR) is 40.4 cm³/mol. The second kappa shape index (κ2) is 3.87. The largest absolute Gasteiger partial charge is 0.459 e. The molecule has 1 aromatic heterocycles. The van der Waals surface area contributed by atoms with Crippen LogP contribution in [0.5, 0.6) is 0 Å². The maximum Gasteiger partial charge on any atom is 0.394 e. The van der Waals surface area contributed by atoms with Crippen molar-refractivity contribution < 1.29 is 13.9 Å². The van der Waals surface area contributed by atoms with Crippen LogP contribution in [0.4, 0.5) is 0 Å². The first kappa shape index (κ1) is 8.73. The van der Waals surface area contributed by atoms with Gasteiger partial charge in [0, 0.05) is 0 Å². The smallest absolute Gasteiger partial charge is 0.394 e. The molecule has 0 fully saturated rings. The molecular formula is C7H10N2O3. The van der Waals surface area contributed by atoms with Crippen molar-refractivity contribution in [1.82, 2.24) is 4.98 Å². The number of hydrogen-bond acceptors (Lipinski definition) is 5. The number of carbonyl (C=O) groups is 1. The fraction of sp³-hybridized carbons (Fsp3) is 0.429. The Morgan fingerprint density at radius 1 is 1.83 bits per heavy atom. The van der Waals surface area contributed by atoms with E-state index in [9.17, 15) is 4.79 Å². The van der Waals surface area contributed by atoms with Gasteiger partial charge < -0.3 is 14.9 Å². The molecule has 0 unspecified atom stereocenters. The van der Waals surface area contributed by atoms with E-state index < -0.39 is 5.97 Å². The quantitative estimate of drug-likeness (QED) is 0.660. The highest BCUT2D eigenvalue weighted by molar-refractivity contribution is 5.84. The summed E-state index contributed by atoms with van der Waals surface area (Å²) in [5.74, 6) is -0.132. The monoisotopic (exact) mass is 170 g/mol. The number of nitrogens with zero attached hydrogens (tertiary/aromatic N) is 1. The predicted octanol–water partition coefficient (Wildman–Crippen LogP) is 0.310. The molecule has 0 aliphatic rings. The Morgan fingerprint density at radius 3 is 3.08 bits per heavy atom. The second-order valence-electron chi connectivity index (χ2n) is 2.06. The number of rotatable bonds is 3. The molecular weight excluding hydrogens is 160 g/mol. The minimum atomic E-state index is -0.558. The summed E-state index contributed by atoms with van der Waals surface area (Å²) < 4.78 is 9.59. The van der Waals surface area contributed by atoms with Crippen molar-refractivity contribution in [1.29, 1.82) is 0 Å². The average Bonchev–Trinajstić information content (AvgIpc) is 2.52. The minimum Gasteiger partial charge on any atom is -0.459 e. The third kappa shape index (κ3) is 1.82. The zero-order valence-corrected chi connectivity index (χ0v) is 6.74. The molecule has 0 amide bonds. The highest BCUT2D eigenvalue weighted by atomic mass is 16.5. The van der Waals surface area contributed by atoms with Crippen molar-refractivity contribution >= 4 is 5.97 Å². The van der Waals surface area contributed by atoms with Crippen LogP contribution < -0.4 is 5.73 Å². The molecule has 0 bridgehead atoms. The number of esters is 1. The molecule has 2 N–H and O–H groups in total. The van der Waals surface area contributed by atoms with Gasteiger partial charge in [-0.15, -0.1) is 0 Å². The highest BCUT2D eigenvalue weighted by Crippen LogP contribution is 2.03. The van der Waals surface area contributed by atoms with E-state index in [2.05, 4.69) is 9.72 Å². The molecule has 0 saturated carbocycles. The first-order valence-corrected chi connectivity index (χ1v) is 3.59. The lowest BCUT2D eigenvalue weighted by molar-refractivity contribution is 0.0479. The van der Waals surface area contributed by atoms with E-state index in [4.69, 9.17) is 10.2 Å². The van der Waals surface area contributed by atoms with Crippen molar-refractivity contribution in [3.63, 3.8) is 0 Å². The van der Waals surface area contributed by atoms with Crippen LogP contribution in [0.1, 0.15) is 23.4 Å². The normalized spacial score (nSPS) is 9.83. The van der Waals surface area contributed by atoms with Crippen LogP contribution in [0.3, 0.4) is 0 Å². The Morgan fingerprint density at radius 2 is 2.58 bits per heavy atom. The number of hydrogen-bond donors (Lipinski definition) is 1. The van der Waals surface area contributed by atoms with Crippen molar-refractivity contribution in [2.45, 2.75) is 13.5 Å². The Bertz CT molecular complexity index is 269. The topological polar surface area (TPSA) is 78.3 Å². The van der Waals surface area contributed by atoms with Crippen LogP contribution in [-0.2, 0) is 11.3 Å². The Labute approximate surface area is 69.5 Å². The van der Waals surface area contributed by atoms with Gasteiger partial charge in [-0.05, 0) is 6.92 Å². The fourth-order valence-corrected chi connectivity index (χ4v) is 0.689. The highest BCUT2D eigenvalue weighted by Gasteiger charge is 2.12. The van der Waals surface area contributed by atoms with Crippen molar-refractivity contribution in [2.24, 2.45) is 5.73 Å². The molecule has 5 heteroatoms. The van der Waals surface area contributed by atoms with E-state index in [1.165, 1.54) is 6.20 Å². The third-order valence-electron chi connectivity index (χ3n) is 1.20. The van der Waals surface area contributed by atoms with E-state index in [-0.39, 0.29) is 12.4 Å². The van der Waals surface area contributed by atoms with Crippen molar-refractivity contribution in [3.05, 3.63) is 17.8 Å². The molecule has 1 heterocycles. The fourth-order valence-electron chi connectivity index (χ4n) is 0.689. The van der Waals surface area contributed by atoms with Gasteiger partial charge in [0.25, 0.3) is 0 Å². The molecule has 1 rings (SSSR count). The molecule has 0 radical (unpaired) electrons. The van der Waals surface area contributed by atoms with Gasteiger partial charge in [-0.25, -0.2) is 9.78 Å². The molecule has 0 aromatic carbocycles. The molecule has 12 heavy (non-hydrogen) atoms. The number of aromatic nitrogens is 1. The average molecular weight is 170 g/mol. The molecule has 0 spiro atoms. The van der Waals surface area contributed by atoms with Gasteiger partial charge in [-0.2, -0.15) is 0 Å². The Balaban J connectivity index is 2.68. The summed E-state index contributed by atoms with van der Waals surface area (Å²) in [4.78, 5) is 14.6. The number of carbonyl (C=O) groups excluding carboxylic acids is 1. The maximum absolute atomic E-state index is 11.0. The molecule has 0 saturated heterocycles. The summed E-state index contributed by atoms with van der Waals surface area (Å²) in [6, 6.07) is 0. The van der Waals surface area contributed by atoms with Gasteiger partial charge in [-0.1, -0.05) is 0 Å². The standard InChI is InChI=1S/C7H10N2O3/c1-2-11-7(10)6-9-4-5(3-8)12-6/h4H,2-3,8H2,1H3. The van der Waals surface area contributed by atoms with Crippen LogP contribution in [0.2, 0.25) is 0 Å². The van der Waals surface area contributed by atoms with Crippen LogP contribution in [0.15, 0.2) is 10.6 Å². The summed E-state index contributed by atoms with van der Waals surface area (Å²) >= 11 is 0. The van der Waals surface area contributed by atoms with Gasteiger partial charge in [0.2, 0.25) is 0 Å². The summed E-state index contributed by atoms with van der Waals surface area (Å²) in [6.45, 7) is 2.25. The Hall–Kier alpha value is -1.36. The summed E-state index contributed by atoms with van der Waals surface area (Å²) in [5.41, 5.74) is 5.25. The van der Waals surface area contributed by atoms with Gasteiger partial charge in [0.15, 0.2) is 0 Å². The van der Waals surface area contributed by atoms with E-state index in [0.717, 1.165) is 0 Å². The Kier molecular flexibility index (Phi) is 2.82. The molecule has 0 aliphatic heterocycles. The van der Waals surface area contributed by atoms with E-state index in [0.29, 0.717) is 12.4 Å². The van der Waals surface area contributed by atoms with Gasteiger partial charge in [0.05, 0.1) is 19.3 Å². The van der Waals surface area contributed by atoms with Crippen molar-refractivity contribution in [2.75, 3.05) is 6.61 Å². The summed E-state index contributed by atoms with van der Waals surface area (Å²) in [7, 11) is 0. The first-order chi connectivity index (χ1) is 5.77. The lowest BCUT2D eigenvalue weighted by Crippen LogP contribution is -2.04. The van der Waals surface area contributed by atoms with Crippen LogP contribution in [0.25, 0.3) is 0 Å². The van der Waals surface area contributed by atoms with E-state index in [1.807, 2.05) is 0 Å². The zero-order chi connectivity index (χ0) is 8.97. The maximum atomic E-state index is 11.0. The molecule has 1 aromatic rings. The SMILES string of the molecule is CCOC(=O)c1ncc(CN)o1. The summed E-state index contributed by atoms with van der Waals surface area (Å²) in [6.07, 6.45) is 1.41. The second-order valence-corrected chi connectivity index (χ2v) is 2.06.